The molecule has 1 aliphatic rings. The lowest BCUT2D eigenvalue weighted by molar-refractivity contribution is -0.274. The van der Waals surface area contributed by atoms with Crippen LogP contribution in [0.4, 0.5) is 32.0 Å². The molecule has 28 heavy (non-hydrogen) atoms. The molecule has 0 amide bonds. The molecule has 2 rings (SSSR count). The molecule has 1 heterocycles. The summed E-state index contributed by atoms with van der Waals surface area (Å²) in [6.07, 6.45) is -9.59. The van der Waals surface area contributed by atoms with Gasteiger partial charge in [0, 0.05) is 25.2 Å². The van der Waals surface area contributed by atoms with Crippen LogP contribution in [0, 0.1) is 5.92 Å². The molecule has 0 radical (unpaired) electrons. The molecular formula is C16H18F6N2O4. The van der Waals surface area contributed by atoms with Crippen LogP contribution in [0.25, 0.3) is 0 Å². The smallest absolute Gasteiger partial charge is 0.494 e. The van der Waals surface area contributed by atoms with Gasteiger partial charge in [-0.3, -0.25) is 0 Å². The van der Waals surface area contributed by atoms with Crippen LogP contribution in [0.2, 0.25) is 0 Å². The first-order valence-corrected chi connectivity index (χ1v) is 8.13. The van der Waals surface area contributed by atoms with Crippen LogP contribution in [0.1, 0.15) is 13.3 Å². The Hall–Kier alpha value is -2.37. The third-order valence-corrected chi connectivity index (χ3v) is 4.06. The lowest BCUT2D eigenvalue weighted by atomic mass is 9.94. The van der Waals surface area contributed by atoms with Crippen LogP contribution in [-0.4, -0.2) is 49.8 Å². The highest BCUT2D eigenvalue weighted by Crippen LogP contribution is 2.34. The molecule has 6 nitrogen and oxygen atoms in total. The fourth-order valence-electron chi connectivity index (χ4n) is 2.76. The highest BCUT2D eigenvalue weighted by molar-refractivity contribution is 5.75. The summed E-state index contributed by atoms with van der Waals surface area (Å²) in [4.78, 5) is 15.2. The quantitative estimate of drug-likeness (QED) is 0.739. The number of carbonyl (C=O) groups excluding carboxylic acids is 1. The number of hydrogen-bond donors (Lipinski definition) is 1. The summed E-state index contributed by atoms with van der Waals surface area (Å²) < 4.78 is 82.7. The van der Waals surface area contributed by atoms with Gasteiger partial charge in [-0.25, -0.2) is 4.79 Å². The molecule has 0 bridgehead atoms. The van der Waals surface area contributed by atoms with Crippen molar-refractivity contribution in [3.8, 4) is 11.5 Å². The van der Waals surface area contributed by atoms with E-state index in [0.717, 1.165) is 17.2 Å². The molecule has 158 valence electrons. The maximum Gasteiger partial charge on any atom is 0.573 e. The largest absolute Gasteiger partial charge is 0.573 e. The van der Waals surface area contributed by atoms with Crippen molar-refractivity contribution in [3.05, 3.63) is 18.2 Å². The van der Waals surface area contributed by atoms with Crippen LogP contribution >= 0.6 is 0 Å². The van der Waals surface area contributed by atoms with Gasteiger partial charge in [0.2, 0.25) is 0 Å². The first kappa shape index (κ1) is 21.9. The maximum absolute atomic E-state index is 12.3. The van der Waals surface area contributed by atoms with Crippen molar-refractivity contribution in [1.82, 2.24) is 5.06 Å². The number of nitrogens with one attached hydrogen (secondary N) is 1. The van der Waals surface area contributed by atoms with Crippen molar-refractivity contribution in [2.45, 2.75) is 31.9 Å². The van der Waals surface area contributed by atoms with Crippen LogP contribution in [0.15, 0.2) is 18.2 Å². The highest BCUT2D eigenvalue weighted by Gasteiger charge is 2.43. The van der Waals surface area contributed by atoms with E-state index >= 15 is 0 Å². The van der Waals surface area contributed by atoms with E-state index in [1.807, 2.05) is 0 Å². The summed E-state index contributed by atoms with van der Waals surface area (Å²) in [5.41, 5.74) is 0.398. The predicted molar refractivity (Wildman–Crippen MR) is 84.6 cm³/mol. The third-order valence-electron chi connectivity index (χ3n) is 4.06. The summed E-state index contributed by atoms with van der Waals surface area (Å²) in [5.74, 6) is -2.85. The van der Waals surface area contributed by atoms with Crippen molar-refractivity contribution in [3.63, 3.8) is 0 Å². The molecule has 2 unspecified atom stereocenters. The SMILES string of the molecule is COc1cc(OC(F)(F)F)ccc1NC1CCN(OC(=O)C(F)(F)F)CC1C. The van der Waals surface area contributed by atoms with Gasteiger partial charge >= 0.3 is 18.5 Å². The minimum atomic E-state index is -5.08. The lowest BCUT2D eigenvalue weighted by Gasteiger charge is -2.36. The van der Waals surface area contributed by atoms with Gasteiger partial charge < -0.3 is 19.6 Å². The van der Waals surface area contributed by atoms with Crippen molar-refractivity contribution < 1.29 is 45.4 Å². The monoisotopic (exact) mass is 416 g/mol. The van der Waals surface area contributed by atoms with Gasteiger partial charge in [0.25, 0.3) is 0 Å². The number of benzene rings is 1. The van der Waals surface area contributed by atoms with E-state index in [4.69, 9.17) is 4.74 Å². The number of piperidine rings is 1. The molecule has 1 saturated heterocycles. The zero-order chi connectivity index (χ0) is 21.1. The van der Waals surface area contributed by atoms with E-state index in [9.17, 15) is 31.1 Å². The van der Waals surface area contributed by atoms with Gasteiger partial charge in [0.1, 0.15) is 11.5 Å². The molecule has 0 spiro atoms. The zero-order valence-electron chi connectivity index (χ0n) is 14.9. The van der Waals surface area contributed by atoms with Gasteiger partial charge in [0.05, 0.1) is 12.8 Å². The Labute approximate surface area is 156 Å². The molecule has 2 atom stereocenters. The Bertz CT molecular complexity index is 695. The minimum Gasteiger partial charge on any atom is -0.494 e. The second kappa shape index (κ2) is 8.33. The van der Waals surface area contributed by atoms with Crippen molar-refractivity contribution >= 4 is 11.7 Å². The molecule has 1 aliphatic heterocycles. The van der Waals surface area contributed by atoms with Crippen LogP contribution in [0.5, 0.6) is 11.5 Å². The van der Waals surface area contributed by atoms with E-state index in [-0.39, 0.29) is 30.8 Å². The Morgan fingerprint density at radius 3 is 2.43 bits per heavy atom. The van der Waals surface area contributed by atoms with Gasteiger partial charge in [0.15, 0.2) is 0 Å². The number of nitrogens with zero attached hydrogens (tertiary/aromatic N) is 1. The van der Waals surface area contributed by atoms with Crippen molar-refractivity contribution in [2.24, 2.45) is 5.92 Å². The topological polar surface area (TPSA) is 60.0 Å². The minimum absolute atomic E-state index is 0.0526. The third kappa shape index (κ3) is 6.08. The number of anilines is 1. The molecular weight excluding hydrogens is 398 g/mol. The summed E-state index contributed by atoms with van der Waals surface area (Å²) in [6, 6.07) is 3.30. The number of ether oxygens (including phenoxy) is 2. The fourth-order valence-corrected chi connectivity index (χ4v) is 2.76. The van der Waals surface area contributed by atoms with Gasteiger partial charge in [-0.05, 0) is 24.5 Å². The van der Waals surface area contributed by atoms with E-state index in [0.29, 0.717) is 12.1 Å². The number of hydrogen-bond acceptors (Lipinski definition) is 6. The zero-order valence-corrected chi connectivity index (χ0v) is 14.9. The molecule has 1 aromatic rings. The van der Waals surface area contributed by atoms with Crippen LogP contribution in [-0.2, 0) is 9.63 Å². The maximum atomic E-state index is 12.3. The second-order valence-electron chi connectivity index (χ2n) is 6.19. The van der Waals surface area contributed by atoms with Crippen LogP contribution in [0.3, 0.4) is 0 Å². The van der Waals surface area contributed by atoms with E-state index in [2.05, 4.69) is 14.9 Å². The van der Waals surface area contributed by atoms with Crippen LogP contribution < -0.4 is 14.8 Å². The van der Waals surface area contributed by atoms with Crippen molar-refractivity contribution in [2.75, 3.05) is 25.5 Å². The van der Waals surface area contributed by atoms with E-state index in [1.54, 1.807) is 6.92 Å². The summed E-state index contributed by atoms with van der Waals surface area (Å²) in [6.45, 7) is 1.84. The predicted octanol–water partition coefficient (Wildman–Crippen LogP) is 3.74. The van der Waals surface area contributed by atoms with Gasteiger partial charge in [-0.15, -0.1) is 18.2 Å². The Kier molecular flexibility index (Phi) is 6.52. The normalized spacial score (nSPS) is 21.1. The van der Waals surface area contributed by atoms with Gasteiger partial charge in [-0.1, -0.05) is 6.92 Å². The van der Waals surface area contributed by atoms with E-state index in [1.165, 1.54) is 13.2 Å². The summed E-state index contributed by atoms with van der Waals surface area (Å²) in [5, 5.41) is 4.03. The average Bonchev–Trinajstić information content (AvgIpc) is 2.56. The van der Waals surface area contributed by atoms with Gasteiger partial charge in [-0.2, -0.15) is 13.2 Å². The molecule has 0 aromatic heterocycles. The number of rotatable bonds is 5. The molecule has 0 saturated carbocycles. The first-order valence-electron chi connectivity index (χ1n) is 8.13. The Morgan fingerprint density at radius 1 is 1.21 bits per heavy atom. The number of methoxy groups -OCH3 is 1. The van der Waals surface area contributed by atoms with E-state index < -0.39 is 24.3 Å². The molecule has 1 aromatic carbocycles. The highest BCUT2D eigenvalue weighted by atomic mass is 19.4. The first-order chi connectivity index (χ1) is 12.9. The molecule has 0 aliphatic carbocycles. The number of carbonyl (C=O) groups is 1. The Balaban J connectivity index is 2.00. The molecule has 1 N–H and O–H groups in total. The lowest BCUT2D eigenvalue weighted by Crippen LogP contribution is -2.47. The number of alkyl halides is 6. The summed E-state index contributed by atoms with van der Waals surface area (Å²) >= 11 is 0. The molecule has 1 fully saturated rings. The number of halogens is 6. The number of hydroxylamine groups is 2. The van der Waals surface area contributed by atoms with Crippen molar-refractivity contribution in [1.29, 1.82) is 0 Å². The second-order valence-corrected chi connectivity index (χ2v) is 6.19. The fraction of sp³-hybridized carbons (Fsp3) is 0.562. The molecule has 12 heteroatoms. The average molecular weight is 416 g/mol. The standard InChI is InChI=1S/C16H18F6N2O4/c1-9-8-24(28-14(25)15(17,18)19)6-5-11(9)23-12-4-3-10(7-13(12)26-2)27-16(20,21)22/h3-4,7,9,11,23H,5-6,8H2,1-2H3. The summed E-state index contributed by atoms with van der Waals surface area (Å²) in [7, 11) is 1.28. The Morgan fingerprint density at radius 2 is 1.89 bits per heavy atom.